The van der Waals surface area contributed by atoms with E-state index in [1.165, 1.54) is 23.5 Å². The van der Waals surface area contributed by atoms with Crippen molar-refractivity contribution in [2.45, 2.75) is 0 Å². The summed E-state index contributed by atoms with van der Waals surface area (Å²) in [6.45, 7) is 0. The molecule has 0 saturated carbocycles. The summed E-state index contributed by atoms with van der Waals surface area (Å²) in [5.41, 5.74) is 0.783. The molecular formula is C17H18N6O3S. The highest BCUT2D eigenvalue weighted by atomic mass is 32.1. The number of thiophene rings is 1. The van der Waals surface area contributed by atoms with Gasteiger partial charge in [-0.2, -0.15) is 15.0 Å². The fourth-order valence-corrected chi connectivity index (χ4v) is 3.28. The molecule has 1 aromatic carbocycles. The third kappa shape index (κ3) is 3.80. The molecule has 9 nitrogen and oxygen atoms in total. The fraction of sp³-hybridized carbons (Fsp3) is 0.235. The first kappa shape index (κ1) is 18.5. The summed E-state index contributed by atoms with van der Waals surface area (Å²) in [6, 6.07) is 7.77. The lowest BCUT2D eigenvalue weighted by Crippen LogP contribution is -2.19. The Bertz CT molecular complexity index is 959. The molecule has 3 aromatic rings. The molecule has 0 aliphatic rings. The van der Waals surface area contributed by atoms with Gasteiger partial charge in [-0.1, -0.05) is 0 Å². The summed E-state index contributed by atoms with van der Waals surface area (Å²) in [5.74, 6) is 1.38. The number of nitro groups is 1. The lowest BCUT2D eigenvalue weighted by molar-refractivity contribution is -0.384. The number of benzene rings is 1. The van der Waals surface area contributed by atoms with Crippen molar-refractivity contribution in [1.82, 2.24) is 15.0 Å². The first-order chi connectivity index (χ1) is 12.8. The number of hydrogen-bond acceptors (Lipinski definition) is 9. The van der Waals surface area contributed by atoms with Crippen molar-refractivity contribution < 1.29 is 10.0 Å². The average Bonchev–Trinajstić information content (AvgIpc) is 3.03. The molecule has 0 bridgehead atoms. The van der Waals surface area contributed by atoms with Gasteiger partial charge in [0.25, 0.3) is 5.69 Å². The maximum atomic E-state index is 10.8. The van der Waals surface area contributed by atoms with Crippen LogP contribution in [0.15, 0.2) is 30.3 Å². The minimum absolute atomic E-state index is 0.0171. The monoisotopic (exact) mass is 386 g/mol. The molecule has 2 heterocycles. The van der Waals surface area contributed by atoms with Gasteiger partial charge in [0.15, 0.2) is 5.82 Å². The van der Waals surface area contributed by atoms with Gasteiger partial charge in [-0.15, -0.1) is 11.3 Å². The third-order valence-corrected chi connectivity index (χ3v) is 4.86. The molecule has 0 unspecified atom stereocenters. The standard InChI is InChI=1S/C17H18N6O3S/c1-21(2)16-18-15(19-17(20-16)22(3)4)14-12(24)9-13(27-14)10-5-7-11(8-6-10)23(25)26/h5-9,24H,1-4H3. The first-order valence-corrected chi connectivity index (χ1v) is 8.76. The van der Waals surface area contributed by atoms with Crippen LogP contribution in [0.1, 0.15) is 0 Å². The summed E-state index contributed by atoms with van der Waals surface area (Å²) in [5, 5.41) is 21.2. The summed E-state index contributed by atoms with van der Waals surface area (Å²) in [6.07, 6.45) is 0. The maximum absolute atomic E-state index is 10.8. The molecule has 2 aromatic heterocycles. The first-order valence-electron chi connectivity index (χ1n) is 7.95. The second-order valence-corrected chi connectivity index (χ2v) is 7.23. The molecule has 0 spiro atoms. The molecule has 140 valence electrons. The maximum Gasteiger partial charge on any atom is 0.269 e. The number of aromatic nitrogens is 3. The average molecular weight is 386 g/mol. The van der Waals surface area contributed by atoms with E-state index in [2.05, 4.69) is 15.0 Å². The summed E-state index contributed by atoms with van der Waals surface area (Å²) >= 11 is 1.31. The quantitative estimate of drug-likeness (QED) is 0.526. The van der Waals surface area contributed by atoms with Crippen molar-refractivity contribution in [1.29, 1.82) is 0 Å². The van der Waals surface area contributed by atoms with Crippen LogP contribution in [0.3, 0.4) is 0 Å². The van der Waals surface area contributed by atoms with E-state index in [1.807, 2.05) is 28.2 Å². The molecule has 10 heteroatoms. The van der Waals surface area contributed by atoms with Gasteiger partial charge in [0, 0.05) is 45.2 Å². The smallest absolute Gasteiger partial charge is 0.269 e. The third-order valence-electron chi connectivity index (χ3n) is 3.69. The largest absolute Gasteiger partial charge is 0.506 e. The molecule has 0 amide bonds. The van der Waals surface area contributed by atoms with Gasteiger partial charge < -0.3 is 14.9 Å². The molecule has 3 rings (SSSR count). The molecule has 0 fully saturated rings. The van der Waals surface area contributed by atoms with Crippen molar-refractivity contribution in [3.8, 4) is 26.9 Å². The molecule has 1 N–H and O–H groups in total. The van der Waals surface area contributed by atoms with Crippen LogP contribution in [-0.4, -0.2) is 53.2 Å². The number of non-ortho nitro benzene ring substituents is 1. The lowest BCUT2D eigenvalue weighted by atomic mass is 10.2. The Morgan fingerprint density at radius 3 is 2.04 bits per heavy atom. The van der Waals surface area contributed by atoms with Crippen LogP contribution < -0.4 is 9.80 Å². The topological polar surface area (TPSA) is 109 Å². The van der Waals surface area contributed by atoms with E-state index in [0.717, 1.165) is 10.4 Å². The predicted octanol–water partition coefficient (Wildman–Crippen LogP) is 3.01. The van der Waals surface area contributed by atoms with E-state index in [9.17, 15) is 15.2 Å². The second kappa shape index (κ2) is 7.16. The Morgan fingerprint density at radius 2 is 1.56 bits per heavy atom. The van der Waals surface area contributed by atoms with Crippen LogP contribution >= 0.6 is 11.3 Å². The zero-order chi connectivity index (χ0) is 19.7. The molecule has 0 aliphatic heterocycles. The molecule has 0 aliphatic carbocycles. The van der Waals surface area contributed by atoms with Crippen molar-refractivity contribution in [2.75, 3.05) is 38.0 Å². The highest BCUT2D eigenvalue weighted by molar-refractivity contribution is 7.19. The number of nitrogens with zero attached hydrogens (tertiary/aromatic N) is 6. The van der Waals surface area contributed by atoms with E-state index >= 15 is 0 Å². The number of hydrogen-bond donors (Lipinski definition) is 1. The molecule has 0 radical (unpaired) electrons. The van der Waals surface area contributed by atoms with E-state index in [0.29, 0.717) is 22.6 Å². The van der Waals surface area contributed by atoms with E-state index in [4.69, 9.17) is 0 Å². The van der Waals surface area contributed by atoms with Gasteiger partial charge in [-0.05, 0) is 23.8 Å². The second-order valence-electron chi connectivity index (χ2n) is 6.18. The highest BCUT2D eigenvalue weighted by Gasteiger charge is 2.18. The van der Waals surface area contributed by atoms with Crippen LogP contribution in [0.2, 0.25) is 0 Å². The number of aromatic hydroxyl groups is 1. The molecule has 0 saturated heterocycles. The Kier molecular flexibility index (Phi) is 4.91. The Hall–Kier alpha value is -3.27. The normalized spacial score (nSPS) is 10.7. The number of nitro benzene ring substituents is 1. The van der Waals surface area contributed by atoms with Gasteiger partial charge in [0.2, 0.25) is 11.9 Å². The number of anilines is 2. The van der Waals surface area contributed by atoms with Crippen LogP contribution in [-0.2, 0) is 0 Å². The van der Waals surface area contributed by atoms with E-state index in [-0.39, 0.29) is 11.4 Å². The van der Waals surface area contributed by atoms with E-state index < -0.39 is 4.92 Å². The minimum Gasteiger partial charge on any atom is -0.506 e. The minimum atomic E-state index is -0.447. The van der Waals surface area contributed by atoms with Gasteiger partial charge in [-0.25, -0.2) is 0 Å². The zero-order valence-electron chi connectivity index (χ0n) is 15.2. The Labute approximate surface area is 159 Å². The highest BCUT2D eigenvalue weighted by Crippen LogP contribution is 2.41. The van der Waals surface area contributed by atoms with Gasteiger partial charge in [0.05, 0.1) is 4.92 Å². The molecule has 27 heavy (non-hydrogen) atoms. The van der Waals surface area contributed by atoms with Crippen LogP contribution in [0.4, 0.5) is 17.6 Å². The van der Waals surface area contributed by atoms with E-state index in [1.54, 1.807) is 28.0 Å². The number of rotatable bonds is 5. The van der Waals surface area contributed by atoms with Crippen LogP contribution in [0.25, 0.3) is 21.1 Å². The van der Waals surface area contributed by atoms with Crippen molar-refractivity contribution >= 4 is 28.9 Å². The van der Waals surface area contributed by atoms with Gasteiger partial charge >= 0.3 is 0 Å². The lowest BCUT2D eigenvalue weighted by Gasteiger charge is -2.15. The summed E-state index contributed by atoms with van der Waals surface area (Å²) < 4.78 is 0. The van der Waals surface area contributed by atoms with Crippen molar-refractivity contribution in [3.63, 3.8) is 0 Å². The SMILES string of the molecule is CN(C)c1nc(-c2sc(-c3ccc([N+](=O)[O-])cc3)cc2O)nc(N(C)C)n1. The van der Waals surface area contributed by atoms with Crippen LogP contribution in [0, 0.1) is 10.1 Å². The Balaban J connectivity index is 2.05. The van der Waals surface area contributed by atoms with Crippen molar-refractivity contribution in [2.24, 2.45) is 0 Å². The zero-order valence-corrected chi connectivity index (χ0v) is 16.1. The molecule has 0 atom stereocenters. The fourth-order valence-electron chi connectivity index (χ4n) is 2.29. The predicted molar refractivity (Wildman–Crippen MR) is 106 cm³/mol. The van der Waals surface area contributed by atoms with Gasteiger partial charge in [-0.3, -0.25) is 10.1 Å². The Morgan fingerprint density at radius 1 is 1.00 bits per heavy atom. The summed E-state index contributed by atoms with van der Waals surface area (Å²) in [4.78, 5) is 28.4. The van der Waals surface area contributed by atoms with Crippen LogP contribution in [0.5, 0.6) is 5.75 Å². The van der Waals surface area contributed by atoms with Crippen molar-refractivity contribution in [3.05, 3.63) is 40.4 Å². The van der Waals surface area contributed by atoms with Gasteiger partial charge in [0.1, 0.15) is 10.6 Å². The summed E-state index contributed by atoms with van der Waals surface area (Å²) in [7, 11) is 7.31. The molecular weight excluding hydrogens is 368 g/mol.